The first-order chi connectivity index (χ1) is 14.5. The largest absolute Gasteiger partial charge is 0.475 e. The third kappa shape index (κ3) is 3.34. The molecule has 3 aromatic rings. The summed E-state index contributed by atoms with van der Waals surface area (Å²) in [5, 5.41) is 12.9. The summed E-state index contributed by atoms with van der Waals surface area (Å²) < 4.78 is 7.34. The molecule has 0 aromatic carbocycles. The van der Waals surface area contributed by atoms with Crippen LogP contribution in [0.2, 0.25) is 0 Å². The summed E-state index contributed by atoms with van der Waals surface area (Å²) in [6.07, 6.45) is 1.67. The fourth-order valence-electron chi connectivity index (χ4n) is 4.40. The van der Waals surface area contributed by atoms with Crippen LogP contribution in [0.15, 0.2) is 30.5 Å². The van der Waals surface area contributed by atoms with Crippen molar-refractivity contribution in [2.75, 3.05) is 31.1 Å². The van der Waals surface area contributed by atoms with E-state index in [2.05, 4.69) is 20.1 Å². The molecule has 2 fully saturated rings. The van der Waals surface area contributed by atoms with E-state index >= 15 is 0 Å². The van der Waals surface area contributed by atoms with Crippen LogP contribution in [-0.4, -0.2) is 67.9 Å². The molecule has 2 atom stereocenters. The number of likely N-dealkylation sites (tertiary alicyclic amines) is 1. The smallest absolute Gasteiger partial charge is 0.255 e. The van der Waals surface area contributed by atoms with Crippen LogP contribution in [0.4, 0.5) is 5.82 Å². The van der Waals surface area contributed by atoms with Gasteiger partial charge in [0.1, 0.15) is 5.82 Å². The van der Waals surface area contributed by atoms with Crippen molar-refractivity contribution in [3.63, 3.8) is 0 Å². The zero-order valence-corrected chi connectivity index (χ0v) is 17.4. The number of amides is 1. The fraction of sp³-hybridized carbons (Fsp3) is 0.476. The molecule has 1 amide bonds. The summed E-state index contributed by atoms with van der Waals surface area (Å²) in [5.41, 5.74) is 1.36. The molecule has 5 rings (SSSR count). The first-order valence-electron chi connectivity index (χ1n) is 10.3. The molecule has 0 radical (unpaired) electrons. The van der Waals surface area contributed by atoms with Crippen molar-refractivity contribution < 1.29 is 9.53 Å². The number of nitrogens with zero attached hydrogens (tertiary/aromatic N) is 7. The lowest BCUT2D eigenvalue weighted by Gasteiger charge is -2.22. The molecule has 0 bridgehead atoms. The molecule has 2 aliphatic rings. The van der Waals surface area contributed by atoms with Crippen molar-refractivity contribution >= 4 is 17.4 Å². The molecule has 30 heavy (non-hydrogen) atoms. The maximum Gasteiger partial charge on any atom is 0.255 e. The zero-order chi connectivity index (χ0) is 20.8. The highest BCUT2D eigenvalue weighted by atomic mass is 16.5. The molecular weight excluding hydrogens is 382 g/mol. The van der Waals surface area contributed by atoms with Gasteiger partial charge in [0, 0.05) is 50.3 Å². The third-order valence-corrected chi connectivity index (χ3v) is 5.84. The Bertz CT molecular complexity index is 1060. The molecule has 156 valence electrons. The first kappa shape index (κ1) is 18.8. The Hall–Kier alpha value is -3.23. The van der Waals surface area contributed by atoms with Gasteiger partial charge < -0.3 is 14.5 Å². The molecule has 2 aliphatic heterocycles. The molecule has 0 N–H and O–H groups in total. The molecule has 0 saturated carbocycles. The van der Waals surface area contributed by atoms with E-state index in [1.54, 1.807) is 22.8 Å². The Labute approximate surface area is 174 Å². The topological polar surface area (TPSA) is 88.8 Å². The van der Waals surface area contributed by atoms with Gasteiger partial charge >= 0.3 is 0 Å². The van der Waals surface area contributed by atoms with Crippen LogP contribution in [0.3, 0.4) is 0 Å². The van der Waals surface area contributed by atoms with Gasteiger partial charge in [0.2, 0.25) is 5.88 Å². The first-order valence-corrected chi connectivity index (χ1v) is 10.3. The number of hydrogen-bond acceptors (Lipinski definition) is 7. The van der Waals surface area contributed by atoms with Gasteiger partial charge in [-0.25, -0.2) is 4.98 Å². The van der Waals surface area contributed by atoms with Crippen LogP contribution in [0.25, 0.3) is 5.65 Å². The summed E-state index contributed by atoms with van der Waals surface area (Å²) in [5.74, 6) is 3.20. The minimum atomic E-state index is 0.0409. The molecule has 9 heteroatoms. The van der Waals surface area contributed by atoms with Crippen molar-refractivity contribution in [3.05, 3.63) is 41.9 Å². The zero-order valence-electron chi connectivity index (χ0n) is 17.4. The van der Waals surface area contributed by atoms with Gasteiger partial charge in [-0.05, 0) is 39.0 Å². The second kappa shape index (κ2) is 7.23. The Morgan fingerprint density at radius 3 is 2.50 bits per heavy atom. The fourth-order valence-corrected chi connectivity index (χ4v) is 4.40. The summed E-state index contributed by atoms with van der Waals surface area (Å²) in [6, 6.07) is 7.51. The maximum atomic E-state index is 12.9. The number of aryl methyl sites for hydroxylation is 1. The van der Waals surface area contributed by atoms with E-state index in [-0.39, 0.29) is 12.0 Å². The van der Waals surface area contributed by atoms with Gasteiger partial charge in [-0.15, -0.1) is 15.3 Å². The van der Waals surface area contributed by atoms with Crippen molar-refractivity contribution in [2.45, 2.75) is 26.9 Å². The highest BCUT2D eigenvalue weighted by Gasteiger charge is 2.42. The number of aromatic nitrogens is 5. The van der Waals surface area contributed by atoms with Crippen molar-refractivity contribution in [1.82, 2.24) is 29.7 Å². The van der Waals surface area contributed by atoms with E-state index in [0.29, 0.717) is 23.3 Å². The lowest BCUT2D eigenvalue weighted by Crippen LogP contribution is -2.33. The summed E-state index contributed by atoms with van der Waals surface area (Å²) in [6.45, 7) is 9.12. The normalized spacial score (nSPS) is 20.9. The van der Waals surface area contributed by atoms with Crippen LogP contribution < -0.4 is 9.64 Å². The number of ether oxygens (including phenoxy) is 1. The molecule has 0 aliphatic carbocycles. The summed E-state index contributed by atoms with van der Waals surface area (Å²) in [7, 11) is 0. The highest BCUT2D eigenvalue weighted by molar-refractivity contribution is 5.94. The molecule has 3 aromatic heterocycles. The van der Waals surface area contributed by atoms with Crippen LogP contribution >= 0.6 is 0 Å². The minimum absolute atomic E-state index is 0.0409. The van der Waals surface area contributed by atoms with Crippen molar-refractivity contribution in [1.29, 1.82) is 0 Å². The van der Waals surface area contributed by atoms with Gasteiger partial charge in [0.25, 0.3) is 5.91 Å². The molecule has 5 heterocycles. The summed E-state index contributed by atoms with van der Waals surface area (Å²) in [4.78, 5) is 21.4. The lowest BCUT2D eigenvalue weighted by atomic mass is 10.0. The number of pyridine rings is 1. The average molecular weight is 407 g/mol. The van der Waals surface area contributed by atoms with E-state index in [1.807, 2.05) is 37.8 Å². The number of carbonyl (C=O) groups excluding carboxylic acids is 1. The Kier molecular flexibility index (Phi) is 4.52. The van der Waals surface area contributed by atoms with E-state index < -0.39 is 0 Å². The van der Waals surface area contributed by atoms with E-state index in [9.17, 15) is 4.79 Å². The van der Waals surface area contributed by atoms with Crippen LogP contribution in [0.1, 0.15) is 30.0 Å². The second-order valence-electron chi connectivity index (χ2n) is 8.40. The van der Waals surface area contributed by atoms with E-state index in [1.165, 1.54) is 0 Å². The molecule has 9 nitrogen and oxygen atoms in total. The predicted molar refractivity (Wildman–Crippen MR) is 111 cm³/mol. The predicted octanol–water partition coefficient (Wildman–Crippen LogP) is 1.82. The van der Waals surface area contributed by atoms with Crippen LogP contribution in [-0.2, 0) is 0 Å². The van der Waals surface area contributed by atoms with E-state index in [4.69, 9.17) is 9.84 Å². The lowest BCUT2D eigenvalue weighted by molar-refractivity contribution is 0.0782. The number of anilines is 1. The number of rotatable bonds is 4. The number of fused-ring (bicyclic) bond motifs is 2. The minimum Gasteiger partial charge on any atom is -0.475 e. The third-order valence-electron chi connectivity index (χ3n) is 5.84. The molecular formula is C21H25N7O2. The van der Waals surface area contributed by atoms with Crippen LogP contribution in [0, 0.1) is 18.8 Å². The van der Waals surface area contributed by atoms with Gasteiger partial charge in [-0.1, -0.05) is 0 Å². The van der Waals surface area contributed by atoms with Gasteiger partial charge in [-0.2, -0.15) is 4.52 Å². The Morgan fingerprint density at radius 2 is 1.83 bits per heavy atom. The quantitative estimate of drug-likeness (QED) is 0.652. The highest BCUT2D eigenvalue weighted by Crippen LogP contribution is 2.34. The SMILES string of the molecule is Cc1nnc2ccc(N3CC4CN(C(=O)c5ccc(OC(C)C)nc5)CC4C3)nn12. The molecule has 2 saturated heterocycles. The van der Waals surface area contributed by atoms with Gasteiger partial charge in [-0.3, -0.25) is 4.79 Å². The van der Waals surface area contributed by atoms with Crippen molar-refractivity contribution in [3.8, 4) is 5.88 Å². The van der Waals surface area contributed by atoms with E-state index in [0.717, 1.165) is 43.5 Å². The van der Waals surface area contributed by atoms with Crippen molar-refractivity contribution in [2.24, 2.45) is 11.8 Å². The molecule has 0 spiro atoms. The van der Waals surface area contributed by atoms with Crippen LogP contribution in [0.5, 0.6) is 5.88 Å². The van der Waals surface area contributed by atoms with Gasteiger partial charge in [0.15, 0.2) is 11.5 Å². The Balaban J connectivity index is 1.24. The maximum absolute atomic E-state index is 12.9. The number of hydrogen-bond donors (Lipinski definition) is 0. The van der Waals surface area contributed by atoms with Gasteiger partial charge in [0.05, 0.1) is 11.7 Å². The second-order valence-corrected chi connectivity index (χ2v) is 8.40. The standard InChI is InChI=1S/C21H25N7O2/c1-13(2)30-20-7-4-15(8-22-20)21(29)27-11-16-9-26(10-17(16)12-27)19-6-5-18-24-23-14(3)28(18)25-19/h4-8,13,16-17H,9-12H2,1-3H3. The summed E-state index contributed by atoms with van der Waals surface area (Å²) >= 11 is 0. The number of carbonyl (C=O) groups is 1. The monoisotopic (exact) mass is 407 g/mol. The molecule has 2 unspecified atom stereocenters. The average Bonchev–Trinajstić information content (AvgIpc) is 3.41. The Morgan fingerprint density at radius 1 is 1.07 bits per heavy atom.